The van der Waals surface area contributed by atoms with E-state index in [1.807, 2.05) is 27.7 Å². The molecule has 0 saturated heterocycles. The molecule has 34 heavy (non-hydrogen) atoms. The molecule has 0 radical (unpaired) electrons. The third kappa shape index (κ3) is 5.46. The number of aromatic nitrogens is 1. The first-order valence-electron chi connectivity index (χ1n) is 12.4. The number of nitriles is 1. The summed E-state index contributed by atoms with van der Waals surface area (Å²) in [5.74, 6) is -0.427. The average Bonchev–Trinajstić information content (AvgIpc) is 3.11. The summed E-state index contributed by atoms with van der Waals surface area (Å²) < 4.78 is 0. The summed E-state index contributed by atoms with van der Waals surface area (Å²) in [6.45, 7) is 12.8. The van der Waals surface area contributed by atoms with Crippen molar-refractivity contribution in [3.05, 3.63) is 10.6 Å². The molecule has 188 valence electrons. The fourth-order valence-corrected chi connectivity index (χ4v) is 7.38. The van der Waals surface area contributed by atoms with Gasteiger partial charge in [0, 0.05) is 36.7 Å². The Bertz CT molecular complexity index is 962. The number of thiazole rings is 1. The maximum Gasteiger partial charge on any atom is 0.226 e. The van der Waals surface area contributed by atoms with Gasteiger partial charge in [-0.2, -0.15) is 5.26 Å². The maximum absolute atomic E-state index is 13.0. The van der Waals surface area contributed by atoms with E-state index in [2.05, 4.69) is 25.2 Å². The van der Waals surface area contributed by atoms with E-state index in [4.69, 9.17) is 10.2 Å². The second kappa shape index (κ2) is 9.94. The lowest BCUT2D eigenvalue weighted by atomic mass is 9.53. The summed E-state index contributed by atoms with van der Waals surface area (Å²) in [6.07, 6.45) is 2.70. The molecule has 2 amide bonds. The van der Waals surface area contributed by atoms with Crippen LogP contribution in [-0.2, 0) is 16.0 Å². The molecule has 6 atom stereocenters. The largest absolute Gasteiger partial charge is 0.392 e. The number of fused-ring (bicyclic) bond motifs is 2. The first-order valence-corrected chi connectivity index (χ1v) is 13.2. The predicted molar refractivity (Wildman–Crippen MR) is 134 cm³/mol. The summed E-state index contributed by atoms with van der Waals surface area (Å²) in [4.78, 5) is 33.0. The molecule has 0 bridgehead atoms. The van der Waals surface area contributed by atoms with Crippen molar-refractivity contribution in [2.45, 2.75) is 85.7 Å². The van der Waals surface area contributed by atoms with Crippen LogP contribution in [0.3, 0.4) is 0 Å². The van der Waals surface area contributed by atoms with E-state index in [-0.39, 0.29) is 46.3 Å². The van der Waals surface area contributed by atoms with Crippen molar-refractivity contribution in [2.24, 2.45) is 28.6 Å². The van der Waals surface area contributed by atoms with Gasteiger partial charge >= 0.3 is 0 Å². The van der Waals surface area contributed by atoms with Gasteiger partial charge in [0.1, 0.15) is 0 Å². The third-order valence-corrected chi connectivity index (χ3v) is 8.81. The number of aliphatic hydroxyl groups is 1. The van der Waals surface area contributed by atoms with Crippen molar-refractivity contribution < 1.29 is 14.7 Å². The van der Waals surface area contributed by atoms with Crippen LogP contribution in [0.25, 0.3) is 0 Å². The number of aliphatic hydroxyl groups excluding tert-OH is 1. The normalized spacial score (nSPS) is 29.4. The lowest BCUT2D eigenvalue weighted by Crippen LogP contribution is -2.53. The molecule has 0 spiro atoms. The van der Waals surface area contributed by atoms with E-state index in [1.54, 1.807) is 23.3 Å². The highest BCUT2D eigenvalue weighted by molar-refractivity contribution is 7.15. The van der Waals surface area contributed by atoms with Crippen molar-refractivity contribution in [3.8, 4) is 6.07 Å². The molecule has 1 heterocycles. The van der Waals surface area contributed by atoms with Gasteiger partial charge in [0.05, 0.1) is 24.3 Å². The van der Waals surface area contributed by atoms with E-state index in [1.165, 1.54) is 4.88 Å². The zero-order valence-electron chi connectivity index (χ0n) is 21.6. The summed E-state index contributed by atoms with van der Waals surface area (Å²) >= 11 is 1.56. The molecule has 0 aliphatic heterocycles. The quantitative estimate of drug-likeness (QED) is 0.610. The lowest BCUT2D eigenvalue weighted by molar-refractivity contribution is -0.143. The number of amides is 2. The second-order valence-corrected chi connectivity index (χ2v) is 13.0. The Labute approximate surface area is 207 Å². The minimum Gasteiger partial charge on any atom is -0.392 e. The Morgan fingerprint density at radius 1 is 1.41 bits per heavy atom. The van der Waals surface area contributed by atoms with Gasteiger partial charge in [-0.15, -0.1) is 11.3 Å². The van der Waals surface area contributed by atoms with Crippen LogP contribution in [0, 0.1) is 39.9 Å². The average molecular weight is 489 g/mol. The fraction of sp³-hybridized carbons (Fsp3) is 0.769. The number of anilines is 1. The molecule has 0 aromatic carbocycles. The van der Waals surface area contributed by atoms with Crippen molar-refractivity contribution in [3.63, 3.8) is 0 Å². The number of carbonyl (C=O) groups excluding carboxylic acids is 2. The van der Waals surface area contributed by atoms with E-state index >= 15 is 0 Å². The molecule has 2 N–H and O–H groups in total. The summed E-state index contributed by atoms with van der Waals surface area (Å²) in [6, 6.07) is 2.09. The van der Waals surface area contributed by atoms with Crippen molar-refractivity contribution >= 4 is 28.3 Å². The number of rotatable bonds is 6. The Morgan fingerprint density at radius 2 is 2.09 bits per heavy atom. The zero-order chi connectivity index (χ0) is 25.4. The molecule has 7 nitrogen and oxygen atoms in total. The smallest absolute Gasteiger partial charge is 0.226 e. The van der Waals surface area contributed by atoms with Gasteiger partial charge in [0.25, 0.3) is 0 Å². The van der Waals surface area contributed by atoms with Gasteiger partial charge in [0.15, 0.2) is 5.13 Å². The highest BCUT2D eigenvalue weighted by Gasteiger charge is 2.54. The van der Waals surface area contributed by atoms with Crippen LogP contribution >= 0.6 is 11.3 Å². The summed E-state index contributed by atoms with van der Waals surface area (Å²) in [5, 5.41) is 24.0. The third-order valence-electron chi connectivity index (χ3n) is 7.83. The number of carbonyl (C=O) groups is 2. The molecule has 1 saturated carbocycles. The van der Waals surface area contributed by atoms with E-state index < -0.39 is 6.10 Å². The van der Waals surface area contributed by atoms with Crippen LogP contribution in [0.5, 0.6) is 0 Å². The highest BCUT2D eigenvalue weighted by Crippen LogP contribution is 2.57. The maximum atomic E-state index is 13.0. The monoisotopic (exact) mass is 488 g/mol. The molecule has 8 heteroatoms. The minimum absolute atomic E-state index is 0.00126. The van der Waals surface area contributed by atoms with Gasteiger partial charge in [-0.25, -0.2) is 4.98 Å². The second-order valence-electron chi connectivity index (χ2n) is 11.9. The van der Waals surface area contributed by atoms with Gasteiger partial charge < -0.3 is 15.3 Å². The van der Waals surface area contributed by atoms with Crippen LogP contribution < -0.4 is 5.32 Å². The first-order chi connectivity index (χ1) is 15.8. The Balaban J connectivity index is 1.78. The molecule has 1 fully saturated rings. The predicted octanol–water partition coefficient (Wildman–Crippen LogP) is 4.58. The molecule has 1 aromatic heterocycles. The van der Waals surface area contributed by atoms with Crippen LogP contribution in [0.2, 0.25) is 0 Å². The van der Waals surface area contributed by atoms with E-state index in [9.17, 15) is 14.7 Å². The number of hydrogen-bond donors (Lipinski definition) is 2. The van der Waals surface area contributed by atoms with Crippen molar-refractivity contribution in [2.75, 3.05) is 18.9 Å². The molecule has 3 rings (SSSR count). The highest BCUT2D eigenvalue weighted by atomic mass is 32.1. The fourth-order valence-electron chi connectivity index (χ4n) is 6.10. The SMILES string of the molecule is C[C@H](C(=O)N(C)CCC#N)[C@@H]1CC[C@@]2(C)Cc3sc(NC(=O)CC(C)(C)C)nc3[C@@H](C)[C@@H]2[C@H]1O. The van der Waals surface area contributed by atoms with E-state index in [0.717, 1.165) is 25.0 Å². The topological polar surface area (TPSA) is 106 Å². The molecular formula is C26H40N4O3S. The lowest BCUT2D eigenvalue weighted by Gasteiger charge is -2.53. The molecular weight excluding hydrogens is 448 g/mol. The summed E-state index contributed by atoms with van der Waals surface area (Å²) in [5.41, 5.74) is 0.812. The molecule has 2 aliphatic carbocycles. The van der Waals surface area contributed by atoms with Crippen LogP contribution in [0.1, 0.15) is 83.7 Å². The van der Waals surface area contributed by atoms with E-state index in [0.29, 0.717) is 24.5 Å². The first kappa shape index (κ1) is 26.6. The van der Waals surface area contributed by atoms with Gasteiger partial charge in [-0.1, -0.05) is 41.5 Å². The Kier molecular flexibility index (Phi) is 7.79. The van der Waals surface area contributed by atoms with Gasteiger partial charge in [-0.3, -0.25) is 9.59 Å². The Hall–Kier alpha value is -1.98. The van der Waals surface area contributed by atoms with Crippen LogP contribution in [-0.4, -0.2) is 46.5 Å². The van der Waals surface area contributed by atoms with Crippen molar-refractivity contribution in [1.82, 2.24) is 9.88 Å². The Morgan fingerprint density at radius 3 is 2.71 bits per heavy atom. The number of nitrogens with one attached hydrogen (secondary N) is 1. The standard InChI is InChI=1S/C26H40N4O3S/c1-15(23(33)30(7)12-8-11-27)17-9-10-26(6)13-18-21(16(2)20(26)22(17)32)29-24(34-18)28-19(31)14-25(3,4)5/h15-17,20,22,32H,8-10,12-14H2,1-7H3,(H,28,29,31)/t15-,16-,17-,20+,22-,26-/m0/s1. The van der Waals surface area contributed by atoms with Gasteiger partial charge in [-0.05, 0) is 41.9 Å². The van der Waals surface area contributed by atoms with Crippen LogP contribution in [0.4, 0.5) is 5.13 Å². The zero-order valence-corrected chi connectivity index (χ0v) is 22.5. The number of nitrogens with zero attached hydrogens (tertiary/aromatic N) is 3. The summed E-state index contributed by atoms with van der Waals surface area (Å²) in [7, 11) is 1.73. The molecule has 1 aromatic rings. The van der Waals surface area contributed by atoms with Crippen molar-refractivity contribution in [1.29, 1.82) is 5.26 Å². The minimum atomic E-state index is -0.606. The molecule has 0 unspecified atom stereocenters. The van der Waals surface area contributed by atoms with Gasteiger partial charge in [0.2, 0.25) is 11.8 Å². The molecule has 2 aliphatic rings. The number of hydrogen-bond acceptors (Lipinski definition) is 6. The van der Waals surface area contributed by atoms with Crippen LogP contribution in [0.15, 0.2) is 0 Å².